The van der Waals surface area contributed by atoms with E-state index in [1.54, 1.807) is 0 Å². The number of esters is 1. The molecule has 66 heavy (non-hydrogen) atoms. The average molecular weight is 953 g/mol. The van der Waals surface area contributed by atoms with E-state index in [0.717, 1.165) is 38.5 Å². The molecule has 2 atom stereocenters. The van der Waals surface area contributed by atoms with Crippen LogP contribution in [0, 0.1) is 0 Å². The highest BCUT2D eigenvalue weighted by Gasteiger charge is 2.26. The number of likely N-dealkylation sites (N-methyl/N-ethyl adjacent to an activating group) is 1. The summed E-state index contributed by atoms with van der Waals surface area (Å²) in [5.74, 6) is -0.312. The fourth-order valence-corrected chi connectivity index (χ4v) is 8.79. The molecular weight excluding hydrogens is 842 g/mol. The van der Waals surface area contributed by atoms with Crippen molar-refractivity contribution in [2.45, 2.75) is 270 Å². The maximum atomic E-state index is 12.8. The van der Waals surface area contributed by atoms with Crippen LogP contribution in [-0.4, -0.2) is 75.6 Å². The second-order valence-corrected chi connectivity index (χ2v) is 21.8. The lowest BCUT2D eigenvalue weighted by molar-refractivity contribution is -0.870. The van der Waals surface area contributed by atoms with Crippen LogP contribution in [0.2, 0.25) is 0 Å². The Labute approximate surface area is 410 Å². The second kappa shape index (κ2) is 50.1. The number of unbranched alkanes of at least 4 members (excludes halogenated alkanes) is 33. The quantitative estimate of drug-likeness (QED) is 0.0213. The van der Waals surface area contributed by atoms with E-state index in [4.69, 9.17) is 18.5 Å². The highest BCUT2D eigenvalue weighted by Crippen LogP contribution is 2.43. The van der Waals surface area contributed by atoms with E-state index in [1.807, 2.05) is 21.1 Å². The second-order valence-electron chi connectivity index (χ2n) is 20.3. The lowest BCUT2D eigenvalue weighted by Crippen LogP contribution is -2.37. The minimum Gasteiger partial charge on any atom is -0.457 e. The molecule has 0 aromatic carbocycles. The monoisotopic (exact) mass is 953 g/mol. The molecule has 0 saturated carbocycles. The number of allylic oxidation sites excluding steroid dienone is 6. The van der Waals surface area contributed by atoms with Crippen molar-refractivity contribution in [1.82, 2.24) is 0 Å². The van der Waals surface area contributed by atoms with Gasteiger partial charge in [0.15, 0.2) is 0 Å². The van der Waals surface area contributed by atoms with Gasteiger partial charge in [0, 0.05) is 13.0 Å². The lowest BCUT2D eigenvalue weighted by atomic mass is 10.0. The maximum Gasteiger partial charge on any atom is 0.472 e. The summed E-state index contributed by atoms with van der Waals surface area (Å²) in [4.78, 5) is 23.1. The summed E-state index contributed by atoms with van der Waals surface area (Å²) < 4.78 is 35.2. The zero-order valence-corrected chi connectivity index (χ0v) is 45.3. The summed E-state index contributed by atoms with van der Waals surface area (Å²) in [6, 6.07) is 0. The van der Waals surface area contributed by atoms with E-state index >= 15 is 0 Å². The van der Waals surface area contributed by atoms with Gasteiger partial charge in [-0.3, -0.25) is 13.8 Å². The number of rotatable bonds is 53. The average Bonchev–Trinajstić information content (AvgIpc) is 3.28. The van der Waals surface area contributed by atoms with Crippen molar-refractivity contribution >= 4 is 13.8 Å². The summed E-state index contributed by atoms with van der Waals surface area (Å²) in [5, 5.41) is 0. The Balaban J connectivity index is 4.07. The van der Waals surface area contributed by atoms with Crippen LogP contribution >= 0.6 is 7.82 Å². The first-order valence-corrected chi connectivity index (χ1v) is 29.7. The minimum absolute atomic E-state index is 0.0888. The van der Waals surface area contributed by atoms with Gasteiger partial charge in [0.2, 0.25) is 0 Å². The van der Waals surface area contributed by atoms with Gasteiger partial charge < -0.3 is 18.9 Å². The molecule has 2 unspecified atom stereocenters. The highest BCUT2D eigenvalue weighted by atomic mass is 31.2. The zero-order chi connectivity index (χ0) is 48.3. The predicted molar refractivity (Wildman–Crippen MR) is 284 cm³/mol. The number of hydrogen-bond acceptors (Lipinski definition) is 6. The zero-order valence-electron chi connectivity index (χ0n) is 44.4. The normalized spacial score (nSPS) is 13.7. The molecule has 0 rings (SSSR count). The number of phosphoric ester groups is 1. The molecule has 0 amide bonds. The van der Waals surface area contributed by atoms with Gasteiger partial charge in [0.1, 0.15) is 19.3 Å². The standard InChI is InChI=1S/C57H110NO7P/c1-6-8-10-12-14-16-18-20-22-24-26-27-28-29-30-31-32-34-36-38-40-42-44-46-48-50-57(59)65-56(55-64-66(60,61)63-53-51-58(3,4)5)54-62-52-49-47-45-43-41-39-37-35-33-25-23-21-19-17-15-13-11-9-7-2/h18,20,23-26,56H,6-17,19,21-22,27-55H2,1-5H3/p+1/b20-18-,25-23-,26-24-. The first-order chi connectivity index (χ1) is 32.1. The number of carbonyl (C=O) groups is 1. The molecule has 0 aliphatic rings. The van der Waals surface area contributed by atoms with E-state index in [2.05, 4.69) is 50.3 Å². The molecule has 0 saturated heterocycles. The highest BCUT2D eigenvalue weighted by molar-refractivity contribution is 7.47. The van der Waals surface area contributed by atoms with E-state index in [1.165, 1.54) is 205 Å². The summed E-state index contributed by atoms with van der Waals surface area (Å²) in [7, 11) is 1.67. The number of nitrogens with zero attached hydrogens (tertiary/aromatic N) is 1. The third-order valence-electron chi connectivity index (χ3n) is 12.4. The largest absolute Gasteiger partial charge is 0.472 e. The van der Waals surface area contributed by atoms with Gasteiger partial charge >= 0.3 is 13.8 Å². The molecule has 0 spiro atoms. The van der Waals surface area contributed by atoms with Crippen molar-refractivity contribution in [3.8, 4) is 0 Å². The molecule has 0 radical (unpaired) electrons. The summed E-state index contributed by atoms with van der Waals surface area (Å²) in [6.07, 6.45) is 62.0. The lowest BCUT2D eigenvalue weighted by Gasteiger charge is -2.24. The van der Waals surface area contributed by atoms with Crippen LogP contribution in [-0.2, 0) is 27.9 Å². The number of ether oxygens (including phenoxy) is 2. The van der Waals surface area contributed by atoms with Gasteiger partial charge in [-0.05, 0) is 70.6 Å². The van der Waals surface area contributed by atoms with Gasteiger partial charge in [-0.2, -0.15) is 0 Å². The van der Waals surface area contributed by atoms with Gasteiger partial charge in [-0.25, -0.2) is 4.57 Å². The molecular formula is C57H111NO7P+. The molecule has 0 aliphatic carbocycles. The molecule has 8 nitrogen and oxygen atoms in total. The first kappa shape index (κ1) is 64.7. The molecule has 390 valence electrons. The van der Waals surface area contributed by atoms with Crippen molar-refractivity contribution < 1.29 is 37.3 Å². The van der Waals surface area contributed by atoms with Crippen molar-refractivity contribution in [2.75, 3.05) is 54.1 Å². The molecule has 1 N–H and O–H groups in total. The third-order valence-corrected chi connectivity index (χ3v) is 13.4. The minimum atomic E-state index is -4.28. The third kappa shape index (κ3) is 53.7. The van der Waals surface area contributed by atoms with Crippen molar-refractivity contribution in [3.05, 3.63) is 36.5 Å². The van der Waals surface area contributed by atoms with Crippen LogP contribution in [0.15, 0.2) is 36.5 Å². The Morgan fingerprint density at radius 1 is 0.470 bits per heavy atom. The van der Waals surface area contributed by atoms with Crippen LogP contribution in [0.25, 0.3) is 0 Å². The Hall–Kier alpha value is -1.28. The Bertz CT molecular complexity index is 1150. The summed E-state index contributed by atoms with van der Waals surface area (Å²) in [6.45, 7) is 5.65. The number of carbonyl (C=O) groups excluding carboxylic acids is 1. The van der Waals surface area contributed by atoms with Crippen molar-refractivity contribution in [2.24, 2.45) is 0 Å². The van der Waals surface area contributed by atoms with Crippen LogP contribution in [0.4, 0.5) is 0 Å². The van der Waals surface area contributed by atoms with Crippen LogP contribution in [0.5, 0.6) is 0 Å². The Morgan fingerprint density at radius 3 is 1.24 bits per heavy atom. The summed E-state index contributed by atoms with van der Waals surface area (Å²) >= 11 is 0. The van der Waals surface area contributed by atoms with Crippen LogP contribution in [0.3, 0.4) is 0 Å². The molecule has 0 aromatic rings. The van der Waals surface area contributed by atoms with E-state index in [0.29, 0.717) is 24.1 Å². The molecule has 0 aliphatic heterocycles. The van der Waals surface area contributed by atoms with Gasteiger partial charge in [-0.1, -0.05) is 224 Å². The topological polar surface area (TPSA) is 91.3 Å². The summed E-state index contributed by atoms with van der Waals surface area (Å²) in [5.41, 5.74) is 0. The predicted octanol–water partition coefficient (Wildman–Crippen LogP) is 17.7. The molecule has 0 heterocycles. The molecule has 0 bridgehead atoms. The smallest absolute Gasteiger partial charge is 0.457 e. The molecule has 0 fully saturated rings. The Kier molecular flexibility index (Phi) is 49.1. The van der Waals surface area contributed by atoms with Crippen molar-refractivity contribution in [1.29, 1.82) is 0 Å². The fraction of sp³-hybridized carbons (Fsp3) is 0.877. The first-order valence-electron chi connectivity index (χ1n) is 28.2. The van der Waals surface area contributed by atoms with Crippen LogP contribution < -0.4 is 0 Å². The molecule has 0 aromatic heterocycles. The maximum absolute atomic E-state index is 12.8. The Morgan fingerprint density at radius 2 is 0.833 bits per heavy atom. The van der Waals surface area contributed by atoms with Gasteiger partial charge in [-0.15, -0.1) is 0 Å². The van der Waals surface area contributed by atoms with E-state index in [9.17, 15) is 14.3 Å². The molecule has 9 heteroatoms. The fourth-order valence-electron chi connectivity index (χ4n) is 8.05. The van der Waals surface area contributed by atoms with E-state index in [-0.39, 0.29) is 25.8 Å². The van der Waals surface area contributed by atoms with Gasteiger partial charge in [0.05, 0.1) is 34.4 Å². The van der Waals surface area contributed by atoms with Gasteiger partial charge in [0.25, 0.3) is 0 Å². The van der Waals surface area contributed by atoms with E-state index < -0.39 is 13.9 Å². The SMILES string of the molecule is CCCCCCC/C=C\C/C=C\CCCCCCCCCCCCCCCC(=O)OC(COCCCCCCCCCC/C=C\CCCCCCCCC)COP(=O)(O)OCC[N+](C)(C)C. The number of phosphoric acid groups is 1. The number of quaternary nitrogens is 1. The number of hydrogen-bond donors (Lipinski definition) is 1. The van der Waals surface area contributed by atoms with Crippen LogP contribution in [0.1, 0.15) is 264 Å². The van der Waals surface area contributed by atoms with Crippen molar-refractivity contribution in [3.63, 3.8) is 0 Å².